The molecule has 0 bridgehead atoms. The summed E-state index contributed by atoms with van der Waals surface area (Å²) in [6.07, 6.45) is 4.01. The second kappa shape index (κ2) is 6.48. The van der Waals surface area contributed by atoms with Crippen molar-refractivity contribution in [2.24, 2.45) is 0 Å². The highest BCUT2D eigenvalue weighted by molar-refractivity contribution is 8.00. The van der Waals surface area contributed by atoms with Gasteiger partial charge in [0.1, 0.15) is 6.33 Å². The summed E-state index contributed by atoms with van der Waals surface area (Å²) in [6.45, 7) is 1.82. The molecule has 5 nitrogen and oxygen atoms in total. The van der Waals surface area contributed by atoms with Gasteiger partial charge >= 0.3 is 0 Å². The highest BCUT2D eigenvalue weighted by Gasteiger charge is 2.28. The average molecular weight is 357 g/mol. The topological polar surface area (TPSA) is 59.8 Å². The molecule has 0 radical (unpaired) electrons. The standard InChI is InChI=1S/C14H14Cl2N4OS/c1-8(22-14-19-17-7-20(14)9-5-6-9)13(21)18-11-4-2-3-10(15)12(11)16/h2-4,7-9H,5-6H2,1H3,(H,18,21)/t8-/m0/s1. The number of anilines is 1. The first-order valence-electron chi connectivity index (χ1n) is 6.87. The first-order valence-corrected chi connectivity index (χ1v) is 8.51. The molecule has 22 heavy (non-hydrogen) atoms. The summed E-state index contributed by atoms with van der Waals surface area (Å²) < 4.78 is 2.03. The highest BCUT2D eigenvalue weighted by atomic mass is 35.5. The lowest BCUT2D eigenvalue weighted by molar-refractivity contribution is -0.115. The van der Waals surface area contributed by atoms with Crippen LogP contribution >= 0.6 is 35.0 Å². The summed E-state index contributed by atoms with van der Waals surface area (Å²) in [5.74, 6) is -0.153. The van der Waals surface area contributed by atoms with Crippen molar-refractivity contribution in [3.63, 3.8) is 0 Å². The van der Waals surface area contributed by atoms with Crippen LogP contribution in [0.4, 0.5) is 5.69 Å². The molecule has 0 unspecified atom stereocenters. The molecule has 1 amide bonds. The van der Waals surface area contributed by atoms with Crippen molar-refractivity contribution < 1.29 is 4.79 Å². The van der Waals surface area contributed by atoms with Gasteiger partial charge in [-0.05, 0) is 31.9 Å². The number of nitrogens with one attached hydrogen (secondary N) is 1. The second-order valence-electron chi connectivity index (χ2n) is 5.10. The predicted octanol–water partition coefficient (Wildman–Crippen LogP) is 4.04. The summed E-state index contributed by atoms with van der Waals surface area (Å²) in [5, 5.41) is 12.0. The van der Waals surface area contributed by atoms with Crippen molar-refractivity contribution in [3.05, 3.63) is 34.6 Å². The number of carbonyl (C=O) groups excluding carboxylic acids is 1. The van der Waals surface area contributed by atoms with Crippen molar-refractivity contribution in [2.75, 3.05) is 5.32 Å². The molecule has 0 saturated heterocycles. The SMILES string of the molecule is C[C@H](Sc1nncn1C1CC1)C(=O)Nc1cccc(Cl)c1Cl. The molecular formula is C14H14Cl2N4OS. The summed E-state index contributed by atoms with van der Waals surface area (Å²) in [7, 11) is 0. The molecule has 116 valence electrons. The van der Waals surface area contributed by atoms with Gasteiger partial charge in [0.25, 0.3) is 0 Å². The number of nitrogens with zero attached hydrogens (tertiary/aromatic N) is 3. The van der Waals surface area contributed by atoms with Crippen LogP contribution in [0.3, 0.4) is 0 Å². The van der Waals surface area contributed by atoms with Gasteiger partial charge in [0.15, 0.2) is 5.16 Å². The molecule has 1 fully saturated rings. The van der Waals surface area contributed by atoms with E-state index >= 15 is 0 Å². The van der Waals surface area contributed by atoms with E-state index in [1.54, 1.807) is 24.5 Å². The summed E-state index contributed by atoms with van der Waals surface area (Å²) >= 11 is 13.4. The van der Waals surface area contributed by atoms with E-state index in [1.807, 2.05) is 11.5 Å². The van der Waals surface area contributed by atoms with E-state index in [4.69, 9.17) is 23.2 Å². The van der Waals surface area contributed by atoms with Gasteiger partial charge in [-0.15, -0.1) is 10.2 Å². The number of halogens is 2. The highest BCUT2D eigenvalue weighted by Crippen LogP contribution is 2.38. The van der Waals surface area contributed by atoms with E-state index in [9.17, 15) is 4.79 Å². The molecule has 1 aromatic heterocycles. The lowest BCUT2D eigenvalue weighted by Crippen LogP contribution is -2.23. The second-order valence-corrected chi connectivity index (χ2v) is 7.20. The maximum absolute atomic E-state index is 12.3. The lowest BCUT2D eigenvalue weighted by atomic mass is 10.3. The normalized spacial score (nSPS) is 15.6. The zero-order valence-corrected chi connectivity index (χ0v) is 14.1. The predicted molar refractivity (Wildman–Crippen MR) is 88.7 cm³/mol. The number of benzene rings is 1. The Morgan fingerprint density at radius 2 is 2.23 bits per heavy atom. The van der Waals surface area contributed by atoms with Gasteiger partial charge in [0, 0.05) is 6.04 Å². The van der Waals surface area contributed by atoms with Gasteiger partial charge in [-0.1, -0.05) is 41.0 Å². The van der Waals surface area contributed by atoms with Crippen LogP contribution < -0.4 is 5.32 Å². The number of rotatable bonds is 5. The van der Waals surface area contributed by atoms with E-state index in [1.165, 1.54) is 11.8 Å². The Hall–Kier alpha value is -1.24. The van der Waals surface area contributed by atoms with Crippen LogP contribution in [0.5, 0.6) is 0 Å². The van der Waals surface area contributed by atoms with Crippen LogP contribution in [0.1, 0.15) is 25.8 Å². The molecule has 1 N–H and O–H groups in total. The Morgan fingerprint density at radius 3 is 2.95 bits per heavy atom. The van der Waals surface area contributed by atoms with Gasteiger partial charge in [-0.25, -0.2) is 0 Å². The minimum atomic E-state index is -0.322. The quantitative estimate of drug-likeness (QED) is 0.821. The van der Waals surface area contributed by atoms with Crippen LogP contribution in [0.25, 0.3) is 0 Å². The van der Waals surface area contributed by atoms with Gasteiger partial charge in [0.05, 0.1) is 21.0 Å². The molecule has 1 aliphatic rings. The Labute approximate surface area is 142 Å². The van der Waals surface area contributed by atoms with Crippen LogP contribution in [0, 0.1) is 0 Å². The third-order valence-electron chi connectivity index (χ3n) is 3.34. The van der Waals surface area contributed by atoms with Crippen molar-refractivity contribution in [1.29, 1.82) is 0 Å². The van der Waals surface area contributed by atoms with Crippen molar-refractivity contribution in [3.8, 4) is 0 Å². The fraction of sp³-hybridized carbons (Fsp3) is 0.357. The molecule has 0 aliphatic heterocycles. The van der Waals surface area contributed by atoms with Gasteiger partial charge in [-0.3, -0.25) is 4.79 Å². The minimum Gasteiger partial charge on any atom is -0.324 e. The first-order chi connectivity index (χ1) is 10.6. The van der Waals surface area contributed by atoms with Crippen molar-refractivity contribution in [2.45, 2.75) is 36.2 Å². The number of hydrogen-bond donors (Lipinski definition) is 1. The first kappa shape index (κ1) is 15.6. The maximum Gasteiger partial charge on any atom is 0.237 e. The fourth-order valence-corrected chi connectivity index (χ4v) is 3.21. The molecule has 1 atom stereocenters. The van der Waals surface area contributed by atoms with Crippen LogP contribution in [-0.4, -0.2) is 25.9 Å². The molecule has 1 aromatic carbocycles. The van der Waals surface area contributed by atoms with E-state index in [0.29, 0.717) is 21.8 Å². The zero-order chi connectivity index (χ0) is 15.7. The molecule has 1 heterocycles. The van der Waals surface area contributed by atoms with Crippen LogP contribution in [-0.2, 0) is 4.79 Å². The third kappa shape index (κ3) is 3.39. The Morgan fingerprint density at radius 1 is 1.45 bits per heavy atom. The number of amides is 1. The Balaban J connectivity index is 1.66. The summed E-state index contributed by atoms with van der Waals surface area (Å²) in [5.41, 5.74) is 0.510. The van der Waals surface area contributed by atoms with E-state index in [2.05, 4.69) is 15.5 Å². The van der Waals surface area contributed by atoms with E-state index in [0.717, 1.165) is 18.0 Å². The molecule has 1 aliphatic carbocycles. The smallest absolute Gasteiger partial charge is 0.237 e. The summed E-state index contributed by atoms with van der Waals surface area (Å²) in [4.78, 5) is 12.3. The number of hydrogen-bond acceptors (Lipinski definition) is 4. The molecule has 2 aromatic rings. The monoisotopic (exact) mass is 356 g/mol. The van der Waals surface area contributed by atoms with E-state index < -0.39 is 0 Å². The Bertz CT molecular complexity index is 702. The average Bonchev–Trinajstić information content (AvgIpc) is 3.24. The third-order valence-corrected chi connectivity index (χ3v) is 5.23. The molecule has 1 saturated carbocycles. The molecular weight excluding hydrogens is 343 g/mol. The van der Waals surface area contributed by atoms with Gasteiger partial charge in [0.2, 0.25) is 5.91 Å². The number of carbonyl (C=O) groups is 1. The number of aromatic nitrogens is 3. The molecule has 0 spiro atoms. The van der Waals surface area contributed by atoms with Crippen LogP contribution in [0.2, 0.25) is 10.0 Å². The maximum atomic E-state index is 12.3. The Kier molecular flexibility index (Phi) is 4.61. The van der Waals surface area contributed by atoms with Gasteiger partial charge in [-0.2, -0.15) is 0 Å². The number of thioether (sulfide) groups is 1. The van der Waals surface area contributed by atoms with Crippen LogP contribution in [0.15, 0.2) is 29.7 Å². The molecule has 3 rings (SSSR count). The van der Waals surface area contributed by atoms with Crippen molar-refractivity contribution in [1.82, 2.24) is 14.8 Å². The fourth-order valence-electron chi connectivity index (χ4n) is 1.97. The zero-order valence-electron chi connectivity index (χ0n) is 11.8. The summed E-state index contributed by atoms with van der Waals surface area (Å²) in [6, 6.07) is 5.62. The minimum absolute atomic E-state index is 0.153. The van der Waals surface area contributed by atoms with E-state index in [-0.39, 0.29) is 11.2 Å². The lowest BCUT2D eigenvalue weighted by Gasteiger charge is -2.13. The molecule has 8 heteroatoms. The van der Waals surface area contributed by atoms with Gasteiger partial charge < -0.3 is 9.88 Å². The largest absolute Gasteiger partial charge is 0.324 e. The van der Waals surface area contributed by atoms with Crippen molar-refractivity contribution >= 4 is 46.6 Å².